The fourth-order valence-electron chi connectivity index (χ4n) is 5.22. The van der Waals surface area contributed by atoms with Crippen LogP contribution in [0.1, 0.15) is 46.5 Å². The number of benzene rings is 2. The summed E-state index contributed by atoms with van der Waals surface area (Å²) in [7, 11) is -7.82. The molecule has 3 amide bonds. The number of anilines is 2. The lowest BCUT2D eigenvalue weighted by molar-refractivity contribution is -0.138. The van der Waals surface area contributed by atoms with E-state index >= 15 is 8.42 Å². The van der Waals surface area contributed by atoms with E-state index in [-0.39, 0.29) is 76.4 Å². The van der Waals surface area contributed by atoms with E-state index in [1.54, 1.807) is 0 Å². The van der Waals surface area contributed by atoms with Crippen molar-refractivity contribution in [3.8, 4) is 5.75 Å². The van der Waals surface area contributed by atoms with Crippen molar-refractivity contribution in [2.75, 3.05) is 18.0 Å². The van der Waals surface area contributed by atoms with E-state index in [9.17, 15) is 18.8 Å². The minimum absolute atomic E-state index is 0.00558. The Labute approximate surface area is 294 Å². The molecule has 2 heterocycles. The van der Waals surface area contributed by atoms with Gasteiger partial charge in [0, 0.05) is 31.8 Å². The highest BCUT2D eigenvalue weighted by atomic mass is 79.9. The summed E-state index contributed by atoms with van der Waals surface area (Å²) >= 11 is 15.4. The SMILES string of the molecule is CC(C)(C)[Si](C)(C)Oc1c(N(C(N)=S)c2cccc(F)c2Br)ccc(Cl)c1S(=O)(=O)N(C(=O)C1CCNC(=O)C1)C1CCNC(=O)C1. The van der Waals surface area contributed by atoms with Gasteiger partial charge >= 0.3 is 0 Å². The maximum absolute atomic E-state index is 15.1. The molecule has 0 aliphatic carbocycles. The van der Waals surface area contributed by atoms with Crippen molar-refractivity contribution >= 4 is 92.3 Å². The van der Waals surface area contributed by atoms with E-state index in [1.807, 2.05) is 33.9 Å². The molecule has 0 spiro atoms. The van der Waals surface area contributed by atoms with Gasteiger partial charge in [0.15, 0.2) is 10.9 Å². The van der Waals surface area contributed by atoms with Gasteiger partial charge in [0.2, 0.25) is 17.7 Å². The minimum atomic E-state index is -4.91. The van der Waals surface area contributed by atoms with E-state index < -0.39 is 57.9 Å². The van der Waals surface area contributed by atoms with Crippen molar-refractivity contribution in [2.24, 2.45) is 11.7 Å². The molecule has 2 aromatic carbocycles. The van der Waals surface area contributed by atoms with E-state index in [1.165, 1.54) is 35.2 Å². The number of hydrogen-bond acceptors (Lipinski definition) is 7. The molecule has 2 unspecified atom stereocenters. The monoisotopic (exact) mass is 789 g/mol. The quantitative estimate of drug-likeness (QED) is 0.238. The number of rotatable bonds is 8. The zero-order valence-corrected chi connectivity index (χ0v) is 31.6. The number of thiocarbonyl (C=S) groups is 1. The lowest BCUT2D eigenvalue weighted by atomic mass is 9.95. The third-order valence-electron chi connectivity index (χ3n) is 8.72. The topological polar surface area (TPSA) is 151 Å². The summed E-state index contributed by atoms with van der Waals surface area (Å²) in [5.74, 6) is -3.44. The van der Waals surface area contributed by atoms with E-state index in [0.29, 0.717) is 4.31 Å². The second-order valence-corrected chi connectivity index (χ2v) is 21.1. The van der Waals surface area contributed by atoms with E-state index in [4.69, 9.17) is 34.0 Å². The number of hydrogen-bond donors (Lipinski definition) is 3. The molecular formula is C30H38BrClFN5O6S2Si. The van der Waals surface area contributed by atoms with Crippen LogP contribution in [-0.4, -0.2) is 63.0 Å². The normalized spacial score (nSPS) is 19.0. The average Bonchev–Trinajstić information content (AvgIpc) is 2.95. The van der Waals surface area contributed by atoms with Gasteiger partial charge in [-0.2, -0.15) is 0 Å². The second-order valence-electron chi connectivity index (χ2n) is 13.0. The Morgan fingerprint density at radius 1 is 1.09 bits per heavy atom. The number of carbonyl (C=O) groups is 3. The zero-order chi connectivity index (χ0) is 35.1. The summed E-state index contributed by atoms with van der Waals surface area (Å²) in [6, 6.07) is 5.92. The van der Waals surface area contributed by atoms with Crippen LogP contribution in [0.3, 0.4) is 0 Å². The lowest BCUT2D eigenvalue weighted by Gasteiger charge is -2.40. The summed E-state index contributed by atoms with van der Waals surface area (Å²) in [6.45, 7) is 9.98. The highest BCUT2D eigenvalue weighted by Gasteiger charge is 2.47. The van der Waals surface area contributed by atoms with E-state index in [0.717, 1.165) is 0 Å². The van der Waals surface area contributed by atoms with Gasteiger partial charge in [0.05, 0.1) is 26.9 Å². The zero-order valence-electron chi connectivity index (χ0n) is 26.7. The fourth-order valence-corrected chi connectivity index (χ4v) is 9.24. The predicted molar refractivity (Wildman–Crippen MR) is 188 cm³/mol. The Morgan fingerprint density at radius 2 is 1.70 bits per heavy atom. The standard InChI is InChI=1S/C30H38BrClFN5O6S2Si/c1-30(2,3)47(4,5)44-26-22(37(29(34)45)21-8-6-7-20(33)25(21)31)10-9-19(32)27(26)46(42,43)38(18-12-14-36-24(40)16-18)28(41)17-11-13-35-23(39)15-17/h6-10,17-18H,11-16H2,1-5H3,(H2,34,45)(H,35,39)(H,36,40). The molecule has 0 bridgehead atoms. The van der Waals surface area contributed by atoms with Crippen LogP contribution in [0.2, 0.25) is 23.2 Å². The highest BCUT2D eigenvalue weighted by Crippen LogP contribution is 2.49. The van der Waals surface area contributed by atoms with Crippen LogP contribution in [0.15, 0.2) is 39.7 Å². The fraction of sp³-hybridized carbons (Fsp3) is 0.467. The number of nitrogens with two attached hydrogens (primary N) is 1. The van der Waals surface area contributed by atoms with Crippen LogP contribution < -0.4 is 25.7 Å². The van der Waals surface area contributed by atoms with Crippen LogP contribution in [0.4, 0.5) is 15.8 Å². The molecule has 2 aliphatic rings. The number of piperidine rings is 2. The molecule has 256 valence electrons. The molecule has 0 radical (unpaired) electrons. The lowest BCUT2D eigenvalue weighted by Crippen LogP contribution is -2.54. The smallest absolute Gasteiger partial charge is 0.271 e. The minimum Gasteiger partial charge on any atom is -0.541 e. The van der Waals surface area contributed by atoms with Gasteiger partial charge in [-0.05, 0) is 83.4 Å². The third kappa shape index (κ3) is 7.61. The molecule has 2 aliphatic heterocycles. The number of halogens is 3. The van der Waals surface area contributed by atoms with Gasteiger partial charge in [-0.15, -0.1) is 0 Å². The first-order chi connectivity index (χ1) is 21.8. The molecule has 0 aromatic heterocycles. The first-order valence-electron chi connectivity index (χ1n) is 14.9. The number of amides is 3. The molecule has 11 nitrogen and oxygen atoms in total. The number of carbonyl (C=O) groups excluding carboxylic acids is 3. The third-order valence-corrected chi connectivity index (χ3v) is 16.4. The molecular weight excluding hydrogens is 753 g/mol. The molecule has 2 saturated heterocycles. The average molecular weight is 791 g/mol. The van der Waals surface area contributed by atoms with Gasteiger partial charge in [0.1, 0.15) is 10.7 Å². The van der Waals surface area contributed by atoms with Crippen LogP contribution in [0.25, 0.3) is 0 Å². The Bertz CT molecular complexity index is 1720. The van der Waals surface area contributed by atoms with Crippen molar-refractivity contribution < 1.29 is 31.6 Å². The molecule has 47 heavy (non-hydrogen) atoms. The Kier molecular flexibility index (Phi) is 11.0. The predicted octanol–water partition coefficient (Wildman–Crippen LogP) is 5.33. The first-order valence-corrected chi connectivity index (χ1v) is 20.9. The maximum Gasteiger partial charge on any atom is 0.271 e. The van der Waals surface area contributed by atoms with Crippen molar-refractivity contribution in [1.82, 2.24) is 14.9 Å². The van der Waals surface area contributed by atoms with Crippen molar-refractivity contribution in [1.29, 1.82) is 0 Å². The highest BCUT2D eigenvalue weighted by molar-refractivity contribution is 9.10. The van der Waals surface area contributed by atoms with Crippen molar-refractivity contribution in [2.45, 2.75) is 75.5 Å². The summed E-state index contributed by atoms with van der Waals surface area (Å²) in [5.41, 5.74) is 6.43. The van der Waals surface area contributed by atoms with Crippen LogP contribution >= 0.6 is 39.7 Å². The molecule has 4 N–H and O–H groups in total. The van der Waals surface area contributed by atoms with E-state index in [2.05, 4.69) is 26.6 Å². The molecule has 17 heteroatoms. The Hall–Kier alpha value is -2.79. The van der Waals surface area contributed by atoms with Crippen LogP contribution in [0, 0.1) is 11.7 Å². The largest absolute Gasteiger partial charge is 0.541 e. The number of nitrogens with zero attached hydrogens (tertiary/aromatic N) is 2. The summed E-state index contributed by atoms with van der Waals surface area (Å²) in [5, 5.41) is 4.35. The summed E-state index contributed by atoms with van der Waals surface area (Å²) in [4.78, 5) is 39.8. The second kappa shape index (κ2) is 14.0. The maximum atomic E-state index is 15.1. The van der Waals surface area contributed by atoms with Crippen LogP contribution in [0.5, 0.6) is 5.75 Å². The molecule has 0 saturated carbocycles. The van der Waals surface area contributed by atoms with Gasteiger partial charge in [-0.25, -0.2) is 17.1 Å². The Balaban J connectivity index is 2.05. The Morgan fingerprint density at radius 3 is 2.28 bits per heavy atom. The molecule has 2 fully saturated rings. The molecule has 4 rings (SSSR count). The van der Waals surface area contributed by atoms with Gasteiger partial charge in [0.25, 0.3) is 18.3 Å². The molecule has 2 atom stereocenters. The summed E-state index contributed by atoms with van der Waals surface area (Å²) in [6.07, 6.45) is -0.150. The number of sulfonamides is 1. The van der Waals surface area contributed by atoms with Gasteiger partial charge in [-0.1, -0.05) is 38.4 Å². The molecule has 2 aromatic rings. The van der Waals surface area contributed by atoms with Crippen molar-refractivity contribution in [3.05, 3.63) is 45.6 Å². The van der Waals surface area contributed by atoms with Crippen molar-refractivity contribution in [3.63, 3.8) is 0 Å². The van der Waals surface area contributed by atoms with Crippen LogP contribution in [-0.2, 0) is 24.4 Å². The number of nitrogens with one attached hydrogen (secondary N) is 2. The first kappa shape index (κ1) is 37.0. The summed E-state index contributed by atoms with van der Waals surface area (Å²) < 4.78 is 52.4. The van der Waals surface area contributed by atoms with Gasteiger partial charge in [-0.3, -0.25) is 19.3 Å². The van der Waals surface area contributed by atoms with Gasteiger partial charge < -0.3 is 20.8 Å².